The maximum Gasteiger partial charge on any atom is 0.262 e. The van der Waals surface area contributed by atoms with Crippen LogP contribution in [0.2, 0.25) is 0 Å². The van der Waals surface area contributed by atoms with Crippen molar-refractivity contribution in [2.45, 2.75) is 38.6 Å². The Labute approximate surface area is 131 Å². The van der Waals surface area contributed by atoms with Crippen LogP contribution in [0.3, 0.4) is 0 Å². The van der Waals surface area contributed by atoms with Gasteiger partial charge in [-0.15, -0.1) is 0 Å². The first kappa shape index (κ1) is 16.2. The first-order valence-electron chi connectivity index (χ1n) is 7.00. The van der Waals surface area contributed by atoms with Crippen LogP contribution >= 0.6 is 12.2 Å². The fourth-order valence-electron chi connectivity index (χ4n) is 2.53. The van der Waals surface area contributed by atoms with Crippen molar-refractivity contribution >= 4 is 27.2 Å². The van der Waals surface area contributed by atoms with E-state index in [2.05, 4.69) is 19.2 Å². The summed E-state index contributed by atoms with van der Waals surface area (Å²) in [6, 6.07) is 7.73. The van der Waals surface area contributed by atoms with Crippen molar-refractivity contribution < 1.29 is 13.2 Å². The highest BCUT2D eigenvalue weighted by atomic mass is 32.2. The van der Waals surface area contributed by atoms with E-state index in [1.54, 1.807) is 0 Å². The molecule has 1 aliphatic rings. The van der Waals surface area contributed by atoms with Gasteiger partial charge < -0.3 is 10.1 Å². The number of rotatable bonds is 3. The van der Waals surface area contributed by atoms with Gasteiger partial charge in [-0.1, -0.05) is 32.0 Å². The van der Waals surface area contributed by atoms with Crippen LogP contribution in [0.25, 0.3) is 0 Å². The summed E-state index contributed by atoms with van der Waals surface area (Å²) in [5, 5.41) is 3.28. The molecule has 0 saturated carbocycles. The summed E-state index contributed by atoms with van der Waals surface area (Å²) < 4.78 is 28.9. The molecule has 6 heteroatoms. The first-order valence-corrected chi connectivity index (χ1v) is 9.23. The average molecular weight is 327 g/mol. The zero-order valence-corrected chi connectivity index (χ0v) is 14.2. The average Bonchev–Trinajstić information content (AvgIpc) is 2.63. The predicted molar refractivity (Wildman–Crippen MR) is 88.6 cm³/mol. The number of hydrogen-bond donors (Lipinski definition) is 1. The monoisotopic (exact) mass is 327 g/mol. The van der Waals surface area contributed by atoms with Gasteiger partial charge in [0.2, 0.25) is 0 Å². The first-order chi connectivity index (χ1) is 9.71. The van der Waals surface area contributed by atoms with Gasteiger partial charge in [-0.3, -0.25) is 0 Å². The van der Waals surface area contributed by atoms with Crippen LogP contribution in [0.4, 0.5) is 0 Å². The Balaban J connectivity index is 2.06. The topological polar surface area (TPSA) is 55.4 Å². The van der Waals surface area contributed by atoms with E-state index in [-0.39, 0.29) is 16.7 Å². The summed E-state index contributed by atoms with van der Waals surface area (Å²) >= 11 is 5.24. The minimum Gasteiger partial charge on any atom is -0.432 e. The smallest absolute Gasteiger partial charge is 0.262 e. The van der Waals surface area contributed by atoms with Gasteiger partial charge in [-0.25, -0.2) is 8.42 Å². The van der Waals surface area contributed by atoms with Crippen LogP contribution in [0.1, 0.15) is 38.7 Å². The molecule has 0 radical (unpaired) electrons. The second kappa shape index (κ2) is 5.93. The third-order valence-electron chi connectivity index (χ3n) is 3.65. The van der Waals surface area contributed by atoms with Gasteiger partial charge in [0.25, 0.3) is 5.17 Å². The third-order valence-corrected chi connectivity index (χ3v) is 5.74. The number of sulfone groups is 1. The quantitative estimate of drug-likeness (QED) is 0.865. The highest BCUT2D eigenvalue weighted by molar-refractivity contribution is 7.91. The van der Waals surface area contributed by atoms with Gasteiger partial charge in [0.15, 0.2) is 9.84 Å². The molecule has 1 heterocycles. The van der Waals surface area contributed by atoms with Crippen molar-refractivity contribution in [1.82, 2.24) is 5.32 Å². The van der Waals surface area contributed by atoms with Gasteiger partial charge in [-0.05, 0) is 43.1 Å². The molecule has 1 aromatic carbocycles. The van der Waals surface area contributed by atoms with Gasteiger partial charge in [0.1, 0.15) is 5.75 Å². The van der Waals surface area contributed by atoms with Crippen molar-refractivity contribution in [3.63, 3.8) is 0 Å². The molecule has 116 valence electrons. The number of thiocarbonyl (C=S) groups is 1. The van der Waals surface area contributed by atoms with Gasteiger partial charge in [0.05, 0.1) is 17.0 Å². The van der Waals surface area contributed by atoms with E-state index < -0.39 is 15.4 Å². The van der Waals surface area contributed by atoms with Gasteiger partial charge >= 0.3 is 0 Å². The Morgan fingerprint density at radius 1 is 1.38 bits per heavy atom. The SMILES string of the molecule is CC(C)c1ccccc1OC(=S)NC1(C)CCS(=O)(=O)C1. The lowest BCUT2D eigenvalue weighted by molar-refractivity contribution is 0.423. The second-order valence-electron chi connectivity index (χ2n) is 6.11. The summed E-state index contributed by atoms with van der Waals surface area (Å²) in [4.78, 5) is 0. The largest absolute Gasteiger partial charge is 0.432 e. The molecule has 1 atom stereocenters. The fourth-order valence-corrected chi connectivity index (χ4v) is 4.96. The van der Waals surface area contributed by atoms with Crippen molar-refractivity contribution in [2.75, 3.05) is 11.5 Å². The molecule has 21 heavy (non-hydrogen) atoms. The van der Waals surface area contributed by atoms with Crippen molar-refractivity contribution in [2.24, 2.45) is 0 Å². The van der Waals surface area contributed by atoms with E-state index in [1.165, 1.54) is 0 Å². The summed E-state index contributed by atoms with van der Waals surface area (Å²) in [6.45, 7) is 6.04. The fraction of sp³-hybridized carbons (Fsp3) is 0.533. The molecule has 1 unspecified atom stereocenters. The minimum absolute atomic E-state index is 0.0926. The van der Waals surface area contributed by atoms with Crippen LogP contribution < -0.4 is 10.1 Å². The number of benzene rings is 1. The molecule has 1 aliphatic heterocycles. The molecule has 4 nitrogen and oxygen atoms in total. The lowest BCUT2D eigenvalue weighted by atomic mass is 10.0. The van der Waals surface area contributed by atoms with Crippen LogP contribution in [-0.4, -0.2) is 30.6 Å². The molecule has 1 fully saturated rings. The third kappa shape index (κ3) is 4.17. The molecule has 0 aliphatic carbocycles. The number of para-hydroxylation sites is 1. The summed E-state index contributed by atoms with van der Waals surface area (Å²) in [5.74, 6) is 1.33. The van der Waals surface area contributed by atoms with Gasteiger partial charge in [0, 0.05) is 0 Å². The Morgan fingerprint density at radius 2 is 2.05 bits per heavy atom. The highest BCUT2D eigenvalue weighted by Crippen LogP contribution is 2.27. The molecule has 0 bridgehead atoms. The van der Waals surface area contributed by atoms with Crippen molar-refractivity contribution in [1.29, 1.82) is 0 Å². The maximum atomic E-state index is 11.6. The molecule has 0 spiro atoms. The molecule has 1 saturated heterocycles. The van der Waals surface area contributed by atoms with E-state index in [0.717, 1.165) is 11.3 Å². The zero-order chi connectivity index (χ0) is 15.7. The van der Waals surface area contributed by atoms with Crippen LogP contribution in [-0.2, 0) is 9.84 Å². The number of ether oxygens (including phenoxy) is 1. The Morgan fingerprint density at radius 3 is 2.62 bits per heavy atom. The lowest BCUT2D eigenvalue weighted by Crippen LogP contribution is -2.48. The standard InChI is InChI=1S/C15H21NO3S2/c1-11(2)12-6-4-5-7-13(12)19-14(20)16-15(3)8-9-21(17,18)10-15/h4-7,11H,8-10H2,1-3H3,(H,16,20). The van der Waals surface area contributed by atoms with E-state index in [9.17, 15) is 8.42 Å². The van der Waals surface area contributed by atoms with E-state index in [0.29, 0.717) is 12.3 Å². The Hall–Kier alpha value is -1.14. The minimum atomic E-state index is -2.97. The molecule has 2 rings (SSSR count). The normalized spacial score (nSPS) is 24.0. The van der Waals surface area contributed by atoms with Crippen LogP contribution in [0, 0.1) is 0 Å². The number of hydrogen-bond acceptors (Lipinski definition) is 4. The number of nitrogens with one attached hydrogen (secondary N) is 1. The van der Waals surface area contributed by atoms with E-state index >= 15 is 0 Å². The summed E-state index contributed by atoms with van der Waals surface area (Å²) in [5.41, 5.74) is 0.536. The second-order valence-corrected chi connectivity index (χ2v) is 8.66. The van der Waals surface area contributed by atoms with Crippen molar-refractivity contribution in [3.05, 3.63) is 29.8 Å². The zero-order valence-electron chi connectivity index (χ0n) is 12.5. The Bertz CT molecular complexity index is 640. The Kier molecular flexibility index (Phi) is 4.58. The molecule has 1 aromatic rings. The molecular formula is C15H21NO3S2. The summed E-state index contributed by atoms with van der Waals surface area (Å²) in [7, 11) is -2.97. The molecular weight excluding hydrogens is 306 g/mol. The summed E-state index contributed by atoms with van der Waals surface area (Å²) in [6.07, 6.45) is 0.546. The van der Waals surface area contributed by atoms with E-state index in [4.69, 9.17) is 17.0 Å². The molecule has 0 aromatic heterocycles. The molecule has 1 N–H and O–H groups in total. The van der Waals surface area contributed by atoms with E-state index in [1.807, 2.05) is 31.2 Å². The highest BCUT2D eigenvalue weighted by Gasteiger charge is 2.39. The maximum absolute atomic E-state index is 11.6. The predicted octanol–water partition coefficient (Wildman–Crippen LogP) is 2.64. The van der Waals surface area contributed by atoms with Crippen molar-refractivity contribution in [3.8, 4) is 5.75 Å². The van der Waals surface area contributed by atoms with Crippen LogP contribution in [0.5, 0.6) is 5.75 Å². The molecule has 0 amide bonds. The van der Waals surface area contributed by atoms with Crippen LogP contribution in [0.15, 0.2) is 24.3 Å². The lowest BCUT2D eigenvalue weighted by Gasteiger charge is -2.25. The van der Waals surface area contributed by atoms with Gasteiger partial charge in [-0.2, -0.15) is 0 Å².